The number of ether oxygens (including phenoxy) is 1. The highest BCUT2D eigenvalue weighted by atomic mass is 19.4. The molecule has 2 atom stereocenters. The number of rotatable bonds is 6. The molecule has 2 aromatic rings. The molecule has 37 heavy (non-hydrogen) atoms. The highest BCUT2D eigenvalue weighted by Crippen LogP contribution is 2.41. The first-order chi connectivity index (χ1) is 17.6. The SMILES string of the molecule is O=C1CC2(CN1)CC(N(C(=O)NCc1ccc(OC(F)(F)F)cc1F)C1CC1)CN(c1cccnn1)C2. The number of hydrogen-bond donors (Lipinski definition) is 2. The zero-order valence-electron chi connectivity index (χ0n) is 19.8. The molecule has 2 aliphatic heterocycles. The molecule has 2 unspecified atom stereocenters. The lowest BCUT2D eigenvalue weighted by atomic mass is 9.76. The van der Waals surface area contributed by atoms with Crippen LogP contribution in [-0.4, -0.2) is 65.1 Å². The van der Waals surface area contributed by atoms with Crippen LogP contribution in [0.15, 0.2) is 36.5 Å². The third-order valence-electron chi connectivity index (χ3n) is 6.96. The van der Waals surface area contributed by atoms with Crippen LogP contribution >= 0.6 is 0 Å². The van der Waals surface area contributed by atoms with Gasteiger partial charge in [0.2, 0.25) is 5.91 Å². The van der Waals surface area contributed by atoms with Crippen molar-refractivity contribution in [3.63, 3.8) is 0 Å². The van der Waals surface area contributed by atoms with Gasteiger partial charge in [-0.1, -0.05) is 6.07 Å². The molecule has 13 heteroatoms. The van der Waals surface area contributed by atoms with Crippen molar-refractivity contribution in [1.82, 2.24) is 25.7 Å². The van der Waals surface area contributed by atoms with Crippen LogP contribution in [-0.2, 0) is 11.3 Å². The van der Waals surface area contributed by atoms with Crippen LogP contribution in [0, 0.1) is 11.2 Å². The van der Waals surface area contributed by atoms with E-state index >= 15 is 0 Å². The number of carbonyl (C=O) groups excluding carboxylic acids is 2. The number of nitrogens with zero attached hydrogens (tertiary/aromatic N) is 4. The molecule has 0 radical (unpaired) electrons. The first-order valence-corrected chi connectivity index (χ1v) is 12.0. The van der Waals surface area contributed by atoms with E-state index < -0.39 is 24.0 Å². The van der Waals surface area contributed by atoms with E-state index in [0.717, 1.165) is 25.0 Å². The average Bonchev–Trinajstić information content (AvgIpc) is 3.61. The number of benzene rings is 1. The molecule has 198 valence electrons. The maximum Gasteiger partial charge on any atom is 0.573 e. The Balaban J connectivity index is 1.31. The van der Waals surface area contributed by atoms with Crippen molar-refractivity contribution in [2.24, 2.45) is 5.41 Å². The summed E-state index contributed by atoms with van der Waals surface area (Å²) in [5.41, 5.74) is -0.337. The Morgan fingerprint density at radius 1 is 1.27 bits per heavy atom. The number of anilines is 1. The molecule has 1 saturated carbocycles. The molecule has 3 heterocycles. The summed E-state index contributed by atoms with van der Waals surface area (Å²) in [5, 5.41) is 13.8. The molecule has 1 aliphatic carbocycles. The maximum absolute atomic E-state index is 14.4. The minimum Gasteiger partial charge on any atom is -0.406 e. The van der Waals surface area contributed by atoms with Crippen molar-refractivity contribution in [2.75, 3.05) is 24.5 Å². The summed E-state index contributed by atoms with van der Waals surface area (Å²) < 4.78 is 55.4. The molecule has 1 spiro atoms. The Labute approximate surface area is 210 Å². The number of carbonyl (C=O) groups is 2. The van der Waals surface area contributed by atoms with Crippen molar-refractivity contribution < 1.29 is 31.9 Å². The standard InChI is InChI=1S/C24H26F4N6O3/c25-19-8-18(37-24(26,27)28)6-3-15(19)11-29-22(36)34(16-4-5-16)17-9-23(10-21(35)30-13-23)14-33(12-17)20-2-1-7-31-32-20/h1-3,6-8,16-17H,4-5,9-14H2,(H,29,36)(H,30,35). The van der Waals surface area contributed by atoms with E-state index in [1.54, 1.807) is 17.2 Å². The zero-order chi connectivity index (χ0) is 26.2. The first-order valence-electron chi connectivity index (χ1n) is 12.0. The maximum atomic E-state index is 14.4. The van der Waals surface area contributed by atoms with Gasteiger partial charge >= 0.3 is 12.4 Å². The normalized spacial score (nSPS) is 23.6. The number of halogens is 4. The monoisotopic (exact) mass is 522 g/mol. The highest BCUT2D eigenvalue weighted by Gasteiger charge is 2.49. The van der Waals surface area contributed by atoms with Crippen molar-refractivity contribution in [1.29, 1.82) is 0 Å². The van der Waals surface area contributed by atoms with Gasteiger partial charge < -0.3 is 25.2 Å². The van der Waals surface area contributed by atoms with E-state index in [1.165, 1.54) is 0 Å². The van der Waals surface area contributed by atoms with Gasteiger partial charge in [0.1, 0.15) is 11.6 Å². The van der Waals surface area contributed by atoms with Gasteiger partial charge in [-0.05, 0) is 37.5 Å². The largest absolute Gasteiger partial charge is 0.573 e. The fraction of sp³-hybridized carbons (Fsp3) is 0.500. The van der Waals surface area contributed by atoms with Crippen LogP contribution < -0.4 is 20.3 Å². The van der Waals surface area contributed by atoms with Gasteiger partial charge in [-0.15, -0.1) is 18.3 Å². The summed E-state index contributed by atoms with van der Waals surface area (Å²) in [4.78, 5) is 29.3. The summed E-state index contributed by atoms with van der Waals surface area (Å²) in [6.45, 7) is 1.39. The van der Waals surface area contributed by atoms with Crippen LogP contribution in [0.1, 0.15) is 31.2 Å². The van der Waals surface area contributed by atoms with Crippen LogP contribution in [0.4, 0.5) is 28.2 Å². The third-order valence-corrected chi connectivity index (χ3v) is 6.96. The predicted molar refractivity (Wildman–Crippen MR) is 123 cm³/mol. The van der Waals surface area contributed by atoms with E-state index in [9.17, 15) is 27.2 Å². The number of aromatic nitrogens is 2. The summed E-state index contributed by atoms with van der Waals surface area (Å²) >= 11 is 0. The molecule has 0 bridgehead atoms. The molecule has 9 nitrogen and oxygen atoms in total. The second kappa shape index (κ2) is 9.67. The summed E-state index contributed by atoms with van der Waals surface area (Å²) in [6.07, 6.45) is -0.731. The second-order valence-electron chi connectivity index (χ2n) is 9.87. The van der Waals surface area contributed by atoms with Gasteiger partial charge in [-0.2, -0.15) is 5.10 Å². The number of nitrogens with one attached hydrogen (secondary N) is 2. The lowest BCUT2D eigenvalue weighted by Crippen LogP contribution is -2.59. The van der Waals surface area contributed by atoms with Gasteiger partial charge in [0, 0.05) is 61.9 Å². The van der Waals surface area contributed by atoms with E-state index in [2.05, 4.69) is 25.6 Å². The van der Waals surface area contributed by atoms with Crippen LogP contribution in [0.3, 0.4) is 0 Å². The van der Waals surface area contributed by atoms with Crippen LogP contribution in [0.2, 0.25) is 0 Å². The van der Waals surface area contributed by atoms with Gasteiger partial charge in [-0.25, -0.2) is 9.18 Å². The Kier molecular flexibility index (Phi) is 6.54. The summed E-state index contributed by atoms with van der Waals surface area (Å²) in [5.74, 6) is -0.960. The summed E-state index contributed by atoms with van der Waals surface area (Å²) in [7, 11) is 0. The average molecular weight is 523 g/mol. The van der Waals surface area contributed by atoms with E-state index in [0.29, 0.717) is 44.4 Å². The predicted octanol–water partition coefficient (Wildman–Crippen LogP) is 2.97. The number of hydrogen-bond acceptors (Lipinski definition) is 6. The van der Waals surface area contributed by atoms with Crippen molar-refractivity contribution >= 4 is 17.8 Å². The Morgan fingerprint density at radius 3 is 2.70 bits per heavy atom. The number of alkyl halides is 3. The van der Waals surface area contributed by atoms with Crippen molar-refractivity contribution in [3.05, 3.63) is 47.9 Å². The molecule has 1 aromatic carbocycles. The topological polar surface area (TPSA) is 99.7 Å². The Bertz CT molecular complexity index is 1160. The molecule has 1 aromatic heterocycles. The second-order valence-corrected chi connectivity index (χ2v) is 9.87. The molecular formula is C24H26F4N6O3. The van der Waals surface area contributed by atoms with Gasteiger partial charge in [-0.3, -0.25) is 4.79 Å². The van der Waals surface area contributed by atoms with Crippen LogP contribution in [0.5, 0.6) is 5.75 Å². The Hall–Kier alpha value is -3.64. The van der Waals surface area contributed by atoms with Crippen molar-refractivity contribution in [2.45, 2.75) is 50.7 Å². The Morgan fingerprint density at radius 2 is 2.08 bits per heavy atom. The van der Waals surface area contributed by atoms with E-state index in [4.69, 9.17) is 0 Å². The number of urea groups is 1. The summed E-state index contributed by atoms with van der Waals surface area (Å²) in [6, 6.07) is 5.80. The van der Waals surface area contributed by atoms with E-state index in [-0.39, 0.29) is 35.5 Å². The lowest BCUT2D eigenvalue weighted by Gasteiger charge is -2.47. The molecular weight excluding hydrogens is 496 g/mol. The molecule has 2 saturated heterocycles. The molecule has 2 N–H and O–H groups in total. The fourth-order valence-electron chi connectivity index (χ4n) is 5.30. The highest BCUT2D eigenvalue weighted by molar-refractivity contribution is 5.79. The molecule has 3 aliphatic rings. The minimum atomic E-state index is -4.93. The first kappa shape index (κ1) is 25.0. The number of piperidine rings is 1. The van der Waals surface area contributed by atoms with Crippen LogP contribution in [0.25, 0.3) is 0 Å². The molecule has 3 amide bonds. The van der Waals surface area contributed by atoms with E-state index in [1.807, 2.05) is 11.0 Å². The van der Waals surface area contributed by atoms with Gasteiger partial charge in [0.15, 0.2) is 5.82 Å². The third kappa shape index (κ3) is 5.86. The molecule has 3 fully saturated rings. The van der Waals surface area contributed by atoms with Gasteiger partial charge in [0.25, 0.3) is 0 Å². The zero-order valence-corrected chi connectivity index (χ0v) is 19.8. The van der Waals surface area contributed by atoms with Crippen molar-refractivity contribution in [3.8, 4) is 5.75 Å². The molecule has 5 rings (SSSR count). The lowest BCUT2D eigenvalue weighted by molar-refractivity contribution is -0.274. The quantitative estimate of drug-likeness (QED) is 0.566. The smallest absolute Gasteiger partial charge is 0.406 e. The fourth-order valence-corrected chi connectivity index (χ4v) is 5.30. The number of amides is 3. The minimum absolute atomic E-state index is 0.0151. The van der Waals surface area contributed by atoms with Gasteiger partial charge in [0.05, 0.1) is 6.04 Å².